The molecule has 0 aliphatic heterocycles. The first kappa shape index (κ1) is 15.8. The van der Waals surface area contributed by atoms with Gasteiger partial charge in [-0.05, 0) is 30.5 Å². The van der Waals surface area contributed by atoms with Crippen molar-refractivity contribution < 1.29 is 9.59 Å². The van der Waals surface area contributed by atoms with Crippen molar-refractivity contribution in [2.75, 3.05) is 5.32 Å². The molecule has 2 aromatic heterocycles. The first-order valence-electron chi connectivity index (χ1n) is 8.25. The van der Waals surface area contributed by atoms with Gasteiger partial charge in [0.05, 0.1) is 12.1 Å². The standard InChI is InChI=1S/C18H18N4O2S/c23-16(9-15-11-22-6-7-25-18(22)21-15)19-10-12-2-1-3-14(8-12)20-17(24)13-4-5-13/h1-3,6-8,11,13H,4-5,9-10H2,(H,19,23)(H,20,24). The number of anilines is 1. The topological polar surface area (TPSA) is 75.5 Å². The number of fused-ring (bicyclic) bond motifs is 1. The van der Waals surface area contributed by atoms with Gasteiger partial charge in [-0.1, -0.05) is 12.1 Å². The maximum atomic E-state index is 12.1. The second-order valence-electron chi connectivity index (χ2n) is 6.24. The lowest BCUT2D eigenvalue weighted by molar-refractivity contribution is -0.120. The Labute approximate surface area is 148 Å². The summed E-state index contributed by atoms with van der Waals surface area (Å²) < 4.78 is 1.92. The second kappa shape index (κ2) is 6.68. The molecule has 3 aromatic rings. The first-order valence-corrected chi connectivity index (χ1v) is 9.13. The Kier molecular flexibility index (Phi) is 4.23. The lowest BCUT2D eigenvalue weighted by Gasteiger charge is -2.08. The summed E-state index contributed by atoms with van der Waals surface area (Å²) in [6.45, 7) is 0.425. The Balaban J connectivity index is 1.31. The van der Waals surface area contributed by atoms with Gasteiger partial charge in [-0.25, -0.2) is 4.98 Å². The lowest BCUT2D eigenvalue weighted by Crippen LogP contribution is -2.24. The van der Waals surface area contributed by atoms with Crippen LogP contribution in [0, 0.1) is 5.92 Å². The number of aromatic nitrogens is 2. The van der Waals surface area contributed by atoms with Crippen molar-refractivity contribution in [1.29, 1.82) is 0 Å². The van der Waals surface area contributed by atoms with Gasteiger partial charge in [0.15, 0.2) is 4.96 Å². The number of nitrogens with zero attached hydrogens (tertiary/aromatic N) is 2. The smallest absolute Gasteiger partial charge is 0.227 e. The van der Waals surface area contributed by atoms with Gasteiger partial charge in [-0.15, -0.1) is 11.3 Å². The Bertz CT molecular complexity index is 897. The molecule has 2 heterocycles. The van der Waals surface area contributed by atoms with Gasteiger partial charge in [0.2, 0.25) is 11.8 Å². The lowest BCUT2D eigenvalue weighted by atomic mass is 10.2. The molecule has 1 saturated carbocycles. The highest BCUT2D eigenvalue weighted by molar-refractivity contribution is 7.15. The molecule has 1 aliphatic rings. The molecule has 0 saturated heterocycles. The average molecular weight is 354 g/mol. The van der Waals surface area contributed by atoms with Gasteiger partial charge in [0.1, 0.15) is 0 Å². The highest BCUT2D eigenvalue weighted by Gasteiger charge is 2.29. The normalized spacial score (nSPS) is 13.8. The monoisotopic (exact) mass is 354 g/mol. The Morgan fingerprint density at radius 2 is 2.20 bits per heavy atom. The number of hydrogen-bond acceptors (Lipinski definition) is 4. The van der Waals surface area contributed by atoms with E-state index in [1.807, 2.05) is 46.4 Å². The van der Waals surface area contributed by atoms with E-state index in [0.717, 1.165) is 34.7 Å². The number of thiazole rings is 1. The zero-order valence-corrected chi connectivity index (χ0v) is 14.4. The number of carbonyl (C=O) groups excluding carboxylic acids is 2. The van der Waals surface area contributed by atoms with Crippen LogP contribution >= 0.6 is 11.3 Å². The highest BCUT2D eigenvalue weighted by Crippen LogP contribution is 2.30. The summed E-state index contributed by atoms with van der Waals surface area (Å²) in [5.74, 6) is 0.187. The molecule has 0 unspecified atom stereocenters. The minimum Gasteiger partial charge on any atom is -0.352 e. The Hall–Kier alpha value is -2.67. The van der Waals surface area contributed by atoms with E-state index in [1.54, 1.807) is 11.3 Å². The maximum absolute atomic E-state index is 12.1. The first-order chi connectivity index (χ1) is 12.2. The Morgan fingerprint density at radius 3 is 3.00 bits per heavy atom. The number of amides is 2. The molecular formula is C18H18N4O2S. The molecule has 0 radical (unpaired) electrons. The van der Waals surface area contributed by atoms with Crippen LogP contribution in [0.1, 0.15) is 24.1 Å². The van der Waals surface area contributed by atoms with Crippen LogP contribution in [0.25, 0.3) is 4.96 Å². The fourth-order valence-corrected chi connectivity index (χ4v) is 3.36. The van der Waals surface area contributed by atoms with Crippen LogP contribution in [0.3, 0.4) is 0 Å². The second-order valence-corrected chi connectivity index (χ2v) is 7.12. The van der Waals surface area contributed by atoms with Crippen LogP contribution in [0.2, 0.25) is 0 Å². The van der Waals surface area contributed by atoms with Gasteiger partial charge in [0, 0.05) is 35.9 Å². The molecule has 128 valence electrons. The zero-order valence-electron chi connectivity index (χ0n) is 13.6. The molecule has 4 rings (SSSR count). The predicted octanol–water partition coefficient (Wildman–Crippen LogP) is 2.60. The van der Waals surface area contributed by atoms with Gasteiger partial charge in [-0.3, -0.25) is 14.0 Å². The van der Waals surface area contributed by atoms with Gasteiger partial charge in [-0.2, -0.15) is 0 Å². The van der Waals surface area contributed by atoms with E-state index < -0.39 is 0 Å². The van der Waals surface area contributed by atoms with Crippen LogP contribution in [-0.4, -0.2) is 21.2 Å². The number of carbonyl (C=O) groups is 2. The van der Waals surface area contributed by atoms with E-state index in [2.05, 4.69) is 15.6 Å². The molecular weight excluding hydrogens is 336 g/mol. The summed E-state index contributed by atoms with van der Waals surface area (Å²) in [5, 5.41) is 7.78. The Morgan fingerprint density at radius 1 is 1.32 bits per heavy atom. The van der Waals surface area contributed by atoms with Crippen molar-refractivity contribution in [2.45, 2.75) is 25.8 Å². The van der Waals surface area contributed by atoms with E-state index in [4.69, 9.17) is 0 Å². The van der Waals surface area contributed by atoms with E-state index in [0.29, 0.717) is 6.54 Å². The largest absolute Gasteiger partial charge is 0.352 e. The molecule has 1 aliphatic carbocycles. The van der Waals surface area contributed by atoms with Crippen molar-refractivity contribution in [1.82, 2.24) is 14.7 Å². The third-order valence-corrected chi connectivity index (χ3v) is 4.89. The van der Waals surface area contributed by atoms with Crippen LogP contribution in [0.4, 0.5) is 5.69 Å². The molecule has 7 heteroatoms. The molecule has 0 spiro atoms. The molecule has 25 heavy (non-hydrogen) atoms. The molecule has 1 aromatic carbocycles. The summed E-state index contributed by atoms with van der Waals surface area (Å²) in [7, 11) is 0. The third-order valence-electron chi connectivity index (χ3n) is 4.12. The number of imidazole rings is 1. The summed E-state index contributed by atoms with van der Waals surface area (Å²) in [5.41, 5.74) is 2.49. The molecule has 0 atom stereocenters. The van der Waals surface area contributed by atoms with Crippen LogP contribution in [-0.2, 0) is 22.6 Å². The third kappa shape index (κ3) is 3.88. The molecule has 6 nitrogen and oxygen atoms in total. The zero-order chi connectivity index (χ0) is 17.2. The van der Waals surface area contributed by atoms with E-state index in [-0.39, 0.29) is 24.2 Å². The molecule has 0 bridgehead atoms. The SMILES string of the molecule is O=C(Cc1cn2ccsc2n1)NCc1cccc(NC(=O)C2CC2)c1. The van der Waals surface area contributed by atoms with E-state index in [1.165, 1.54) is 0 Å². The number of hydrogen-bond donors (Lipinski definition) is 2. The molecule has 2 amide bonds. The fraction of sp³-hybridized carbons (Fsp3) is 0.278. The average Bonchev–Trinajstić information content (AvgIpc) is 3.25. The van der Waals surface area contributed by atoms with Crippen LogP contribution in [0.15, 0.2) is 42.0 Å². The van der Waals surface area contributed by atoms with Crippen molar-refractivity contribution in [3.05, 3.63) is 53.3 Å². The van der Waals surface area contributed by atoms with Crippen molar-refractivity contribution >= 4 is 33.8 Å². The number of benzene rings is 1. The van der Waals surface area contributed by atoms with E-state index in [9.17, 15) is 9.59 Å². The minimum absolute atomic E-state index is 0.0711. The number of nitrogens with one attached hydrogen (secondary N) is 2. The maximum Gasteiger partial charge on any atom is 0.227 e. The summed E-state index contributed by atoms with van der Waals surface area (Å²) in [4.78, 5) is 29.2. The molecule has 1 fully saturated rings. The van der Waals surface area contributed by atoms with Gasteiger partial charge in [0.25, 0.3) is 0 Å². The quantitative estimate of drug-likeness (QED) is 0.714. The van der Waals surface area contributed by atoms with Crippen molar-refractivity contribution in [3.8, 4) is 0 Å². The summed E-state index contributed by atoms with van der Waals surface area (Å²) in [6.07, 6.45) is 6.02. The summed E-state index contributed by atoms with van der Waals surface area (Å²) in [6, 6.07) is 7.57. The van der Waals surface area contributed by atoms with E-state index >= 15 is 0 Å². The van der Waals surface area contributed by atoms with Gasteiger partial charge < -0.3 is 10.6 Å². The summed E-state index contributed by atoms with van der Waals surface area (Å²) >= 11 is 1.54. The fourth-order valence-electron chi connectivity index (χ4n) is 2.64. The predicted molar refractivity (Wildman–Crippen MR) is 96.4 cm³/mol. The van der Waals surface area contributed by atoms with Crippen molar-refractivity contribution in [3.63, 3.8) is 0 Å². The minimum atomic E-state index is -0.0711. The van der Waals surface area contributed by atoms with Crippen LogP contribution < -0.4 is 10.6 Å². The van der Waals surface area contributed by atoms with Crippen molar-refractivity contribution in [2.24, 2.45) is 5.92 Å². The highest BCUT2D eigenvalue weighted by atomic mass is 32.1. The number of rotatable bonds is 6. The molecule has 2 N–H and O–H groups in total. The van der Waals surface area contributed by atoms with Gasteiger partial charge >= 0.3 is 0 Å². The van der Waals surface area contributed by atoms with Crippen LogP contribution in [0.5, 0.6) is 0 Å².